The van der Waals surface area contributed by atoms with Crippen LogP contribution in [0, 0.1) is 0 Å². The predicted molar refractivity (Wildman–Crippen MR) is 110 cm³/mol. The minimum atomic E-state index is -0.0375. The second-order valence-corrected chi connectivity index (χ2v) is 7.33. The summed E-state index contributed by atoms with van der Waals surface area (Å²) in [5.74, 6) is -0.0375. The molecule has 0 aliphatic carbocycles. The van der Waals surface area contributed by atoms with Crippen molar-refractivity contribution in [2.24, 2.45) is 0 Å². The van der Waals surface area contributed by atoms with Gasteiger partial charge in [0.1, 0.15) is 6.33 Å². The first-order chi connectivity index (χ1) is 13.0. The molecule has 1 amide bonds. The van der Waals surface area contributed by atoms with Crippen LogP contribution in [0.2, 0.25) is 0 Å². The van der Waals surface area contributed by atoms with Gasteiger partial charge in [-0.3, -0.25) is 14.3 Å². The largest absolute Gasteiger partial charge is 0.351 e. The summed E-state index contributed by atoms with van der Waals surface area (Å²) in [5, 5.41) is 3.02. The average molecular weight is 364 g/mol. The highest BCUT2D eigenvalue weighted by Gasteiger charge is 2.13. The van der Waals surface area contributed by atoms with Crippen LogP contribution in [-0.4, -0.2) is 45.5 Å². The number of carbonyl (C=O) groups is 1. The zero-order valence-corrected chi connectivity index (χ0v) is 16.5. The Hall–Kier alpha value is -2.66. The number of para-hydroxylation sites is 2. The Morgan fingerprint density at radius 1 is 1.04 bits per heavy atom. The Morgan fingerprint density at radius 2 is 1.70 bits per heavy atom. The summed E-state index contributed by atoms with van der Waals surface area (Å²) in [6.45, 7) is 10.2. The second-order valence-electron chi connectivity index (χ2n) is 7.33. The smallest absolute Gasteiger partial charge is 0.251 e. The molecular formula is C22H28N4O. The van der Waals surface area contributed by atoms with Crippen LogP contribution in [0.4, 0.5) is 0 Å². The van der Waals surface area contributed by atoms with Crippen LogP contribution in [0.15, 0.2) is 54.9 Å². The maximum atomic E-state index is 12.4. The molecule has 0 bridgehead atoms. The summed E-state index contributed by atoms with van der Waals surface area (Å²) in [6.07, 6.45) is 1.81. The van der Waals surface area contributed by atoms with E-state index in [-0.39, 0.29) is 5.91 Å². The molecule has 1 N–H and O–H groups in total. The van der Waals surface area contributed by atoms with Gasteiger partial charge in [-0.15, -0.1) is 0 Å². The number of fused-ring (bicyclic) bond motifs is 1. The zero-order chi connectivity index (χ0) is 19.4. The van der Waals surface area contributed by atoms with E-state index in [9.17, 15) is 4.79 Å². The van der Waals surface area contributed by atoms with Crippen LogP contribution < -0.4 is 5.32 Å². The number of aromatic nitrogens is 2. The van der Waals surface area contributed by atoms with E-state index in [1.54, 1.807) is 0 Å². The molecule has 1 heterocycles. The van der Waals surface area contributed by atoms with Crippen LogP contribution in [-0.2, 0) is 0 Å². The molecule has 2 aromatic carbocycles. The van der Waals surface area contributed by atoms with Crippen molar-refractivity contribution in [1.82, 2.24) is 19.8 Å². The molecule has 5 heteroatoms. The Labute approximate surface area is 161 Å². The molecule has 0 spiro atoms. The van der Waals surface area contributed by atoms with E-state index in [1.807, 2.05) is 59.4 Å². The topological polar surface area (TPSA) is 50.2 Å². The van der Waals surface area contributed by atoms with E-state index in [2.05, 4.69) is 42.9 Å². The van der Waals surface area contributed by atoms with Gasteiger partial charge in [-0.2, -0.15) is 0 Å². The van der Waals surface area contributed by atoms with E-state index in [4.69, 9.17) is 0 Å². The highest BCUT2D eigenvalue weighted by atomic mass is 16.1. The monoisotopic (exact) mass is 364 g/mol. The number of nitrogens with one attached hydrogen (secondary N) is 1. The molecule has 0 aliphatic rings. The van der Waals surface area contributed by atoms with Gasteiger partial charge in [-0.1, -0.05) is 12.1 Å². The summed E-state index contributed by atoms with van der Waals surface area (Å²) in [4.78, 5) is 19.2. The second kappa shape index (κ2) is 8.35. The lowest BCUT2D eigenvalue weighted by atomic mass is 10.2. The quantitative estimate of drug-likeness (QED) is 0.692. The number of rotatable bonds is 7. The lowest BCUT2D eigenvalue weighted by Gasteiger charge is -2.30. The van der Waals surface area contributed by atoms with Gasteiger partial charge in [-0.05, 0) is 64.1 Å². The van der Waals surface area contributed by atoms with Crippen LogP contribution in [0.3, 0.4) is 0 Å². The lowest BCUT2D eigenvalue weighted by molar-refractivity contribution is 0.0939. The Morgan fingerprint density at radius 3 is 2.37 bits per heavy atom. The number of nitrogens with zero attached hydrogens (tertiary/aromatic N) is 3. The Bertz CT molecular complexity index is 888. The fourth-order valence-corrected chi connectivity index (χ4v) is 3.45. The van der Waals surface area contributed by atoms with Gasteiger partial charge in [0.2, 0.25) is 0 Å². The molecule has 3 rings (SSSR count). The van der Waals surface area contributed by atoms with Gasteiger partial charge in [0, 0.05) is 36.4 Å². The van der Waals surface area contributed by atoms with Gasteiger partial charge in [0.05, 0.1) is 11.0 Å². The number of hydrogen-bond acceptors (Lipinski definition) is 3. The predicted octanol–water partition coefficient (Wildman–Crippen LogP) is 3.87. The molecule has 0 radical (unpaired) electrons. The molecule has 0 unspecified atom stereocenters. The summed E-state index contributed by atoms with van der Waals surface area (Å²) in [6, 6.07) is 16.6. The third kappa shape index (κ3) is 4.37. The van der Waals surface area contributed by atoms with Crippen LogP contribution >= 0.6 is 0 Å². The van der Waals surface area contributed by atoms with E-state index in [1.165, 1.54) is 0 Å². The number of hydrogen-bond donors (Lipinski definition) is 1. The van der Waals surface area contributed by atoms with Crippen molar-refractivity contribution in [2.45, 2.75) is 39.8 Å². The lowest BCUT2D eigenvalue weighted by Crippen LogP contribution is -2.42. The molecule has 0 fully saturated rings. The molecule has 1 aromatic heterocycles. The summed E-state index contributed by atoms with van der Waals surface area (Å²) < 4.78 is 2.03. The maximum Gasteiger partial charge on any atom is 0.251 e. The molecule has 5 nitrogen and oxygen atoms in total. The molecule has 3 aromatic rings. The molecule has 0 aliphatic heterocycles. The maximum absolute atomic E-state index is 12.4. The molecule has 27 heavy (non-hydrogen) atoms. The molecule has 142 valence electrons. The van der Waals surface area contributed by atoms with Crippen molar-refractivity contribution in [3.05, 3.63) is 60.4 Å². The Kier molecular flexibility index (Phi) is 5.91. The fraction of sp³-hybridized carbons (Fsp3) is 0.364. The minimum absolute atomic E-state index is 0.0375. The van der Waals surface area contributed by atoms with Gasteiger partial charge in [-0.25, -0.2) is 4.98 Å². The van der Waals surface area contributed by atoms with E-state index >= 15 is 0 Å². The van der Waals surface area contributed by atoms with Crippen molar-refractivity contribution < 1.29 is 4.79 Å². The number of imidazole rings is 1. The number of carbonyl (C=O) groups excluding carboxylic acids is 1. The third-order valence-corrected chi connectivity index (χ3v) is 4.84. The zero-order valence-electron chi connectivity index (χ0n) is 16.5. The first-order valence-electron chi connectivity index (χ1n) is 9.54. The highest BCUT2D eigenvalue weighted by molar-refractivity contribution is 5.94. The first kappa shape index (κ1) is 19.1. The molecular weight excluding hydrogens is 336 g/mol. The molecule has 0 saturated heterocycles. The van der Waals surface area contributed by atoms with Crippen molar-refractivity contribution in [3.8, 4) is 5.69 Å². The van der Waals surface area contributed by atoms with Crippen LogP contribution in [0.5, 0.6) is 0 Å². The summed E-state index contributed by atoms with van der Waals surface area (Å²) in [7, 11) is 0. The van der Waals surface area contributed by atoms with Gasteiger partial charge < -0.3 is 5.32 Å². The molecule has 0 atom stereocenters. The van der Waals surface area contributed by atoms with E-state index in [0.29, 0.717) is 24.2 Å². The van der Waals surface area contributed by atoms with Crippen molar-refractivity contribution in [1.29, 1.82) is 0 Å². The van der Waals surface area contributed by atoms with Gasteiger partial charge in [0.15, 0.2) is 0 Å². The minimum Gasteiger partial charge on any atom is -0.351 e. The normalized spacial score (nSPS) is 11.7. The van der Waals surface area contributed by atoms with Gasteiger partial charge >= 0.3 is 0 Å². The van der Waals surface area contributed by atoms with Crippen LogP contribution in [0.25, 0.3) is 16.7 Å². The third-order valence-electron chi connectivity index (χ3n) is 4.84. The Balaban J connectivity index is 1.64. The highest BCUT2D eigenvalue weighted by Crippen LogP contribution is 2.18. The van der Waals surface area contributed by atoms with Crippen molar-refractivity contribution in [2.75, 3.05) is 13.1 Å². The first-order valence-corrected chi connectivity index (χ1v) is 9.54. The van der Waals surface area contributed by atoms with Crippen molar-refractivity contribution >= 4 is 16.9 Å². The standard InChI is InChI=1S/C22H28N4O/c1-16(2)25(17(3)4)14-13-23-22(27)18-9-11-19(12-10-18)26-15-24-20-7-5-6-8-21(20)26/h5-12,15-17H,13-14H2,1-4H3,(H,23,27). The van der Waals surface area contributed by atoms with E-state index < -0.39 is 0 Å². The number of amides is 1. The van der Waals surface area contributed by atoms with E-state index in [0.717, 1.165) is 23.3 Å². The number of benzene rings is 2. The summed E-state index contributed by atoms with van der Waals surface area (Å²) >= 11 is 0. The fourth-order valence-electron chi connectivity index (χ4n) is 3.45. The molecule has 0 saturated carbocycles. The van der Waals surface area contributed by atoms with Gasteiger partial charge in [0.25, 0.3) is 5.91 Å². The van der Waals surface area contributed by atoms with Crippen molar-refractivity contribution in [3.63, 3.8) is 0 Å². The SMILES string of the molecule is CC(C)N(CCNC(=O)c1ccc(-n2cnc3ccccc32)cc1)C(C)C. The summed E-state index contributed by atoms with van der Waals surface area (Å²) in [5.41, 5.74) is 3.67. The van der Waals surface area contributed by atoms with Crippen LogP contribution in [0.1, 0.15) is 38.1 Å². The average Bonchev–Trinajstić information content (AvgIpc) is 3.08.